The van der Waals surface area contributed by atoms with Crippen molar-refractivity contribution in [3.8, 4) is 11.1 Å². The van der Waals surface area contributed by atoms with Crippen molar-refractivity contribution in [3.05, 3.63) is 83.6 Å². The summed E-state index contributed by atoms with van der Waals surface area (Å²) in [6, 6.07) is 21.6. The average molecular weight is 563 g/mol. The molecule has 0 radical (unpaired) electrons. The average Bonchev–Trinajstić information content (AvgIpc) is 2.97. The number of pyridine rings is 1. The molecule has 7 nitrogen and oxygen atoms in total. The minimum atomic E-state index is -0.929. The summed E-state index contributed by atoms with van der Waals surface area (Å²) in [5.41, 5.74) is 5.30. The van der Waals surface area contributed by atoms with E-state index < -0.39 is 12.0 Å². The van der Waals surface area contributed by atoms with Gasteiger partial charge in [0.15, 0.2) is 0 Å². The normalized spacial score (nSPS) is 17.6. The number of hydrogen-bond acceptors (Lipinski definition) is 5. The molecule has 0 spiro atoms. The number of amides is 1. The molecular weight excluding hydrogens is 524 g/mol. The van der Waals surface area contributed by atoms with Gasteiger partial charge in [-0.3, -0.25) is 9.59 Å². The van der Waals surface area contributed by atoms with Gasteiger partial charge in [0.1, 0.15) is 5.82 Å². The molecule has 8 heteroatoms. The predicted octanol–water partition coefficient (Wildman–Crippen LogP) is 5.51. The second-order valence-corrected chi connectivity index (χ2v) is 10.7. The Kier molecular flexibility index (Phi) is 10.6. The molecule has 2 unspecified atom stereocenters. The zero-order valence-electron chi connectivity index (χ0n) is 22.9. The summed E-state index contributed by atoms with van der Waals surface area (Å²) in [5.74, 6) is -0.0859. The zero-order chi connectivity index (χ0) is 27.0. The Labute approximate surface area is 242 Å². The van der Waals surface area contributed by atoms with Crippen molar-refractivity contribution in [2.45, 2.75) is 51.0 Å². The van der Waals surface area contributed by atoms with Gasteiger partial charge < -0.3 is 20.6 Å². The number of piperidine rings is 1. The van der Waals surface area contributed by atoms with Crippen molar-refractivity contribution in [3.63, 3.8) is 0 Å². The number of halogens is 1. The molecule has 1 saturated heterocycles. The number of aliphatic carboxylic acids is 1. The van der Waals surface area contributed by atoms with E-state index in [9.17, 15) is 14.7 Å². The number of aryl methyl sites for hydroxylation is 2. The first-order chi connectivity index (χ1) is 19.0. The highest BCUT2D eigenvalue weighted by Crippen LogP contribution is 2.26. The maximum absolute atomic E-state index is 13.3. The minimum absolute atomic E-state index is 0. The monoisotopic (exact) mass is 562 g/mol. The number of hydrogen-bond donors (Lipinski definition) is 3. The molecule has 1 fully saturated rings. The van der Waals surface area contributed by atoms with E-state index in [0.29, 0.717) is 6.54 Å². The minimum Gasteiger partial charge on any atom is -0.481 e. The van der Waals surface area contributed by atoms with E-state index in [1.807, 2.05) is 54.6 Å². The van der Waals surface area contributed by atoms with Gasteiger partial charge in [-0.25, -0.2) is 4.98 Å². The SMILES string of the molecule is Cl.O=C(O)CC(NC(=O)C1CCCN(CCCc2ccc3c(n2)NCCC3)C1)c1cccc(-c2ccccc2)c1. The maximum Gasteiger partial charge on any atom is 0.305 e. The summed E-state index contributed by atoms with van der Waals surface area (Å²) >= 11 is 0. The van der Waals surface area contributed by atoms with Crippen LogP contribution in [0.2, 0.25) is 0 Å². The largest absolute Gasteiger partial charge is 0.481 e. The van der Waals surface area contributed by atoms with Crippen LogP contribution in [0.3, 0.4) is 0 Å². The van der Waals surface area contributed by atoms with Gasteiger partial charge in [-0.2, -0.15) is 0 Å². The first-order valence-corrected chi connectivity index (χ1v) is 14.2. The lowest BCUT2D eigenvalue weighted by atomic mass is 9.94. The third-order valence-electron chi connectivity index (χ3n) is 7.83. The Morgan fingerprint density at radius 2 is 1.88 bits per heavy atom. The number of fused-ring (bicyclic) bond motifs is 1. The Hall–Kier alpha value is -3.42. The molecule has 1 aromatic heterocycles. The molecule has 1 amide bonds. The van der Waals surface area contributed by atoms with E-state index >= 15 is 0 Å². The van der Waals surface area contributed by atoms with Gasteiger partial charge in [0, 0.05) is 18.8 Å². The molecule has 3 aromatic rings. The zero-order valence-corrected chi connectivity index (χ0v) is 23.7. The van der Waals surface area contributed by atoms with E-state index in [0.717, 1.165) is 86.4 Å². The number of anilines is 1. The topological polar surface area (TPSA) is 94.6 Å². The molecule has 3 heterocycles. The Bertz CT molecular complexity index is 1290. The molecule has 5 rings (SSSR count). The van der Waals surface area contributed by atoms with Gasteiger partial charge in [-0.1, -0.05) is 54.6 Å². The number of rotatable bonds is 10. The molecule has 2 aromatic carbocycles. The van der Waals surface area contributed by atoms with Crippen molar-refractivity contribution >= 4 is 30.1 Å². The van der Waals surface area contributed by atoms with Gasteiger partial charge in [-0.15, -0.1) is 12.4 Å². The van der Waals surface area contributed by atoms with Gasteiger partial charge in [0.25, 0.3) is 0 Å². The molecule has 212 valence electrons. The van der Waals surface area contributed by atoms with Crippen LogP contribution in [0.25, 0.3) is 11.1 Å². The van der Waals surface area contributed by atoms with Gasteiger partial charge >= 0.3 is 5.97 Å². The number of carboxylic acid groups (broad SMARTS) is 1. The van der Waals surface area contributed by atoms with Crippen LogP contribution in [0.1, 0.15) is 55.0 Å². The molecular formula is C32H39ClN4O3. The van der Waals surface area contributed by atoms with E-state index in [-0.39, 0.29) is 30.7 Å². The molecule has 40 heavy (non-hydrogen) atoms. The van der Waals surface area contributed by atoms with Crippen LogP contribution in [0.4, 0.5) is 5.82 Å². The summed E-state index contributed by atoms with van der Waals surface area (Å²) in [6.07, 6.45) is 5.81. The summed E-state index contributed by atoms with van der Waals surface area (Å²) in [5, 5.41) is 16.1. The van der Waals surface area contributed by atoms with Crippen molar-refractivity contribution in [2.75, 3.05) is 31.5 Å². The Morgan fingerprint density at radius 1 is 1.05 bits per heavy atom. The third-order valence-corrected chi connectivity index (χ3v) is 7.83. The van der Waals surface area contributed by atoms with Crippen LogP contribution in [0.15, 0.2) is 66.7 Å². The van der Waals surface area contributed by atoms with Crippen molar-refractivity contribution < 1.29 is 14.7 Å². The summed E-state index contributed by atoms with van der Waals surface area (Å²) in [4.78, 5) is 32.2. The fourth-order valence-electron chi connectivity index (χ4n) is 5.75. The molecule has 2 aliphatic rings. The fourth-order valence-corrected chi connectivity index (χ4v) is 5.75. The smallest absolute Gasteiger partial charge is 0.305 e. The highest BCUT2D eigenvalue weighted by molar-refractivity contribution is 5.85. The van der Waals surface area contributed by atoms with E-state index in [1.54, 1.807) is 0 Å². The second kappa shape index (κ2) is 14.3. The van der Waals surface area contributed by atoms with Crippen molar-refractivity contribution in [1.82, 2.24) is 15.2 Å². The molecule has 0 aliphatic carbocycles. The molecule has 0 bridgehead atoms. The first-order valence-electron chi connectivity index (χ1n) is 14.2. The van der Waals surface area contributed by atoms with E-state index in [2.05, 4.69) is 27.7 Å². The molecule has 3 N–H and O–H groups in total. The fraction of sp³-hybridized carbons (Fsp3) is 0.406. The number of carbonyl (C=O) groups is 2. The predicted molar refractivity (Wildman–Crippen MR) is 161 cm³/mol. The van der Waals surface area contributed by atoms with Gasteiger partial charge in [0.2, 0.25) is 5.91 Å². The quantitative estimate of drug-likeness (QED) is 0.302. The summed E-state index contributed by atoms with van der Waals surface area (Å²) < 4.78 is 0. The second-order valence-electron chi connectivity index (χ2n) is 10.7. The number of carboxylic acids is 1. The first kappa shape index (κ1) is 29.6. The van der Waals surface area contributed by atoms with E-state index in [1.165, 1.54) is 5.56 Å². The summed E-state index contributed by atoms with van der Waals surface area (Å²) in [7, 11) is 0. The van der Waals surface area contributed by atoms with Crippen molar-refractivity contribution in [2.24, 2.45) is 5.92 Å². The van der Waals surface area contributed by atoms with Crippen LogP contribution >= 0.6 is 12.4 Å². The standard InChI is InChI=1S/C32H38N4O3.ClH/c37-30(38)21-29(26-11-4-10-25(20-26)23-8-2-1-3-9-23)35-32(39)27-13-6-18-36(22-27)19-7-14-28-16-15-24-12-5-17-33-31(24)34-28;/h1-4,8-11,15-16,20,27,29H,5-7,12-14,17-19,21-22H2,(H,33,34)(H,35,39)(H,37,38);1H. The van der Waals surface area contributed by atoms with Gasteiger partial charge in [-0.05, 0) is 86.0 Å². The number of nitrogens with zero attached hydrogens (tertiary/aromatic N) is 2. The Morgan fingerprint density at radius 3 is 2.70 bits per heavy atom. The lowest BCUT2D eigenvalue weighted by molar-refractivity contribution is -0.138. The third kappa shape index (κ3) is 7.83. The Balaban J connectivity index is 0.00000370. The lowest BCUT2D eigenvalue weighted by Gasteiger charge is -2.33. The van der Waals surface area contributed by atoms with Crippen LogP contribution in [-0.2, 0) is 22.4 Å². The molecule has 0 saturated carbocycles. The maximum atomic E-state index is 13.3. The summed E-state index contributed by atoms with van der Waals surface area (Å²) in [6.45, 7) is 3.61. The highest BCUT2D eigenvalue weighted by Gasteiger charge is 2.28. The molecule has 2 aliphatic heterocycles. The number of carbonyl (C=O) groups excluding carboxylic acids is 1. The van der Waals surface area contributed by atoms with Crippen LogP contribution in [0.5, 0.6) is 0 Å². The lowest BCUT2D eigenvalue weighted by Crippen LogP contribution is -2.44. The number of aromatic nitrogens is 1. The highest BCUT2D eigenvalue weighted by atomic mass is 35.5. The van der Waals surface area contributed by atoms with Crippen LogP contribution in [0, 0.1) is 5.92 Å². The van der Waals surface area contributed by atoms with Crippen molar-refractivity contribution in [1.29, 1.82) is 0 Å². The van der Waals surface area contributed by atoms with Crippen LogP contribution < -0.4 is 10.6 Å². The van der Waals surface area contributed by atoms with E-state index in [4.69, 9.17) is 4.98 Å². The molecule has 2 atom stereocenters. The van der Waals surface area contributed by atoms with Crippen LogP contribution in [-0.4, -0.2) is 53.0 Å². The number of benzene rings is 2. The number of likely N-dealkylation sites (tertiary alicyclic amines) is 1. The number of nitrogens with one attached hydrogen (secondary N) is 2. The van der Waals surface area contributed by atoms with Gasteiger partial charge in [0.05, 0.1) is 18.4 Å².